The van der Waals surface area contributed by atoms with E-state index in [0.29, 0.717) is 31.0 Å². The molecule has 0 aliphatic carbocycles. The molecule has 25 heavy (non-hydrogen) atoms. The second-order valence-electron chi connectivity index (χ2n) is 5.65. The third kappa shape index (κ3) is 4.62. The minimum Gasteiger partial charge on any atom is -0.454 e. The van der Waals surface area contributed by atoms with Crippen LogP contribution in [0.25, 0.3) is 0 Å². The Hall–Kier alpha value is -2.76. The largest absolute Gasteiger partial charge is 0.454 e. The fraction of sp³-hybridized carbons (Fsp3) is 0.316. The molecule has 0 radical (unpaired) electrons. The Kier molecular flexibility index (Phi) is 5.72. The summed E-state index contributed by atoms with van der Waals surface area (Å²) in [6, 6.07) is 12.6. The number of fused-ring (bicyclic) bond motifs is 1. The summed E-state index contributed by atoms with van der Waals surface area (Å²) in [5, 5.41) is 6.43. The molecule has 0 unspecified atom stereocenters. The van der Waals surface area contributed by atoms with Crippen molar-refractivity contribution in [1.82, 2.24) is 10.6 Å². The highest BCUT2D eigenvalue weighted by atomic mass is 19.1. The van der Waals surface area contributed by atoms with Crippen LogP contribution in [0.3, 0.4) is 0 Å². The second-order valence-corrected chi connectivity index (χ2v) is 5.65. The first-order valence-electron chi connectivity index (χ1n) is 8.40. The Labute approximate surface area is 146 Å². The van der Waals surface area contributed by atoms with Crippen molar-refractivity contribution in [2.75, 3.05) is 19.9 Å². The molecular formula is C19H22FN3O2. The Bertz CT molecular complexity index is 749. The number of benzene rings is 2. The summed E-state index contributed by atoms with van der Waals surface area (Å²) in [6.07, 6.45) is 0.598. The number of rotatable bonds is 6. The molecule has 6 heteroatoms. The van der Waals surface area contributed by atoms with Gasteiger partial charge in [0.25, 0.3) is 0 Å². The van der Waals surface area contributed by atoms with Crippen molar-refractivity contribution in [3.05, 3.63) is 59.4 Å². The van der Waals surface area contributed by atoms with Crippen LogP contribution in [0.1, 0.15) is 18.1 Å². The van der Waals surface area contributed by atoms with E-state index in [4.69, 9.17) is 9.47 Å². The van der Waals surface area contributed by atoms with Gasteiger partial charge in [-0.1, -0.05) is 24.3 Å². The molecule has 0 saturated carbocycles. The minimum absolute atomic E-state index is 0.174. The van der Waals surface area contributed by atoms with Crippen molar-refractivity contribution in [3.63, 3.8) is 0 Å². The van der Waals surface area contributed by atoms with Crippen molar-refractivity contribution in [2.24, 2.45) is 4.99 Å². The van der Waals surface area contributed by atoms with E-state index in [1.165, 1.54) is 6.07 Å². The molecule has 5 nitrogen and oxygen atoms in total. The van der Waals surface area contributed by atoms with Crippen molar-refractivity contribution < 1.29 is 13.9 Å². The van der Waals surface area contributed by atoms with E-state index >= 15 is 0 Å². The fourth-order valence-electron chi connectivity index (χ4n) is 2.57. The van der Waals surface area contributed by atoms with Crippen molar-refractivity contribution in [1.29, 1.82) is 0 Å². The minimum atomic E-state index is -0.174. The summed E-state index contributed by atoms with van der Waals surface area (Å²) in [5.74, 6) is 2.05. The van der Waals surface area contributed by atoms with Gasteiger partial charge < -0.3 is 20.1 Å². The molecular weight excluding hydrogens is 321 g/mol. The van der Waals surface area contributed by atoms with Crippen LogP contribution in [0.4, 0.5) is 4.39 Å². The lowest BCUT2D eigenvalue weighted by molar-refractivity contribution is 0.174. The summed E-state index contributed by atoms with van der Waals surface area (Å²) >= 11 is 0. The molecule has 0 spiro atoms. The average Bonchev–Trinajstić information content (AvgIpc) is 3.09. The highest BCUT2D eigenvalue weighted by Crippen LogP contribution is 2.32. The summed E-state index contributed by atoms with van der Waals surface area (Å²) in [5.41, 5.74) is 1.73. The van der Waals surface area contributed by atoms with Gasteiger partial charge in [0.2, 0.25) is 6.79 Å². The van der Waals surface area contributed by atoms with Crippen LogP contribution in [0.2, 0.25) is 0 Å². The molecule has 0 atom stereocenters. The van der Waals surface area contributed by atoms with Crippen LogP contribution in [-0.4, -0.2) is 25.8 Å². The van der Waals surface area contributed by atoms with Crippen LogP contribution < -0.4 is 20.1 Å². The standard InChI is InChI=1S/C19H22FN3O2/c1-2-21-19(22-10-9-15-5-3-4-6-16(15)20)23-12-14-7-8-17-18(11-14)25-13-24-17/h3-8,11H,2,9-10,12-13H2,1H3,(H2,21,22,23). The lowest BCUT2D eigenvalue weighted by Crippen LogP contribution is -2.38. The molecule has 0 bridgehead atoms. The molecule has 0 amide bonds. The number of nitrogens with zero attached hydrogens (tertiary/aromatic N) is 1. The highest BCUT2D eigenvalue weighted by Gasteiger charge is 2.12. The lowest BCUT2D eigenvalue weighted by atomic mass is 10.1. The second kappa shape index (κ2) is 8.37. The van der Waals surface area contributed by atoms with Gasteiger partial charge in [-0.3, -0.25) is 0 Å². The Morgan fingerprint density at radius 2 is 1.96 bits per heavy atom. The van der Waals surface area contributed by atoms with Crippen LogP contribution in [0, 0.1) is 5.82 Å². The van der Waals surface area contributed by atoms with Crippen molar-refractivity contribution >= 4 is 5.96 Å². The molecule has 0 saturated heterocycles. The molecule has 1 aliphatic heterocycles. The van der Waals surface area contributed by atoms with E-state index in [1.807, 2.05) is 31.2 Å². The van der Waals surface area contributed by atoms with Gasteiger partial charge >= 0.3 is 0 Å². The van der Waals surface area contributed by atoms with Crippen LogP contribution >= 0.6 is 0 Å². The van der Waals surface area contributed by atoms with Gasteiger partial charge in [-0.05, 0) is 42.7 Å². The summed E-state index contributed by atoms with van der Waals surface area (Å²) in [6.45, 7) is 4.16. The van der Waals surface area contributed by atoms with Crippen LogP contribution in [0.15, 0.2) is 47.5 Å². The normalized spacial score (nSPS) is 13.0. The summed E-state index contributed by atoms with van der Waals surface area (Å²) in [7, 11) is 0. The maximum atomic E-state index is 13.6. The van der Waals surface area contributed by atoms with E-state index in [1.54, 1.807) is 12.1 Å². The maximum Gasteiger partial charge on any atom is 0.231 e. The van der Waals surface area contributed by atoms with Gasteiger partial charge in [0.05, 0.1) is 6.54 Å². The van der Waals surface area contributed by atoms with E-state index in [2.05, 4.69) is 15.6 Å². The zero-order chi connectivity index (χ0) is 17.5. The molecule has 2 aromatic rings. The number of ether oxygens (including phenoxy) is 2. The number of guanidine groups is 1. The molecule has 0 fully saturated rings. The van der Waals surface area contributed by atoms with Gasteiger partial charge in [0, 0.05) is 13.1 Å². The first-order valence-corrected chi connectivity index (χ1v) is 8.40. The van der Waals surface area contributed by atoms with E-state index in [0.717, 1.165) is 23.6 Å². The first kappa shape index (κ1) is 17.1. The van der Waals surface area contributed by atoms with Gasteiger partial charge in [0.15, 0.2) is 17.5 Å². The van der Waals surface area contributed by atoms with Crippen LogP contribution in [-0.2, 0) is 13.0 Å². The number of aliphatic imine (C=N–C) groups is 1. The lowest BCUT2D eigenvalue weighted by Gasteiger charge is -2.11. The Balaban J connectivity index is 1.56. The molecule has 132 valence electrons. The molecule has 2 aromatic carbocycles. The number of hydrogen-bond donors (Lipinski definition) is 2. The fourth-order valence-corrected chi connectivity index (χ4v) is 2.57. The quantitative estimate of drug-likeness (QED) is 0.626. The van der Waals surface area contributed by atoms with Gasteiger partial charge in [-0.2, -0.15) is 0 Å². The third-order valence-corrected chi connectivity index (χ3v) is 3.85. The van der Waals surface area contributed by atoms with Crippen molar-refractivity contribution in [3.8, 4) is 11.5 Å². The van der Waals surface area contributed by atoms with Gasteiger partial charge in [-0.15, -0.1) is 0 Å². The van der Waals surface area contributed by atoms with Gasteiger partial charge in [-0.25, -0.2) is 9.38 Å². The maximum absolute atomic E-state index is 13.6. The highest BCUT2D eigenvalue weighted by molar-refractivity contribution is 5.79. The SMILES string of the molecule is CCNC(=NCc1ccc2c(c1)OCO2)NCCc1ccccc1F. The third-order valence-electron chi connectivity index (χ3n) is 3.85. The Morgan fingerprint density at radius 1 is 1.12 bits per heavy atom. The zero-order valence-electron chi connectivity index (χ0n) is 14.2. The van der Waals surface area contributed by atoms with E-state index < -0.39 is 0 Å². The number of nitrogens with one attached hydrogen (secondary N) is 2. The zero-order valence-corrected chi connectivity index (χ0v) is 14.2. The summed E-state index contributed by atoms with van der Waals surface area (Å²) < 4.78 is 24.3. The molecule has 1 heterocycles. The predicted molar refractivity (Wildman–Crippen MR) is 95.5 cm³/mol. The molecule has 1 aliphatic rings. The first-order chi connectivity index (χ1) is 12.3. The van der Waals surface area contributed by atoms with E-state index in [9.17, 15) is 4.39 Å². The average molecular weight is 343 g/mol. The topological polar surface area (TPSA) is 54.9 Å². The van der Waals surface area contributed by atoms with E-state index in [-0.39, 0.29) is 12.6 Å². The number of halogens is 1. The van der Waals surface area contributed by atoms with Crippen molar-refractivity contribution in [2.45, 2.75) is 19.9 Å². The smallest absolute Gasteiger partial charge is 0.231 e. The Morgan fingerprint density at radius 3 is 2.80 bits per heavy atom. The predicted octanol–water partition coefficient (Wildman–Crippen LogP) is 2.85. The monoisotopic (exact) mass is 343 g/mol. The number of hydrogen-bond acceptors (Lipinski definition) is 3. The molecule has 3 rings (SSSR count). The summed E-state index contributed by atoms with van der Waals surface area (Å²) in [4.78, 5) is 4.57. The van der Waals surface area contributed by atoms with Gasteiger partial charge in [0.1, 0.15) is 5.82 Å². The molecule has 0 aromatic heterocycles. The van der Waals surface area contributed by atoms with Crippen LogP contribution in [0.5, 0.6) is 11.5 Å². The molecule has 2 N–H and O–H groups in total.